The van der Waals surface area contributed by atoms with Crippen LogP contribution in [0.2, 0.25) is 0 Å². The molecule has 0 amide bonds. The zero-order valence-electron chi connectivity index (χ0n) is 76.7. The molecule has 328 valence electrons. The van der Waals surface area contributed by atoms with Gasteiger partial charge in [-0.25, -0.2) is 0 Å². The molecule has 0 aliphatic rings. The summed E-state index contributed by atoms with van der Waals surface area (Å²) in [5, 5.41) is -10.1. The maximum atomic E-state index is 11.0. The third-order valence-electron chi connectivity index (χ3n) is 11.3. The summed E-state index contributed by atoms with van der Waals surface area (Å²) in [6.45, 7) is 0. The number of rotatable bonds is 8. The molecule has 0 unspecified atom stereocenters. The third-order valence-corrected chi connectivity index (χ3v) is 15.3. The lowest BCUT2D eigenvalue weighted by Gasteiger charge is -2.35. The Labute approximate surface area is 463 Å². The van der Waals surface area contributed by atoms with E-state index in [0.717, 1.165) is 0 Å². The Bertz CT molecular complexity index is 6330. The Morgan fingerprint density at radius 1 is 0.286 bits per heavy atom. The molecule has 0 radical (unpaired) electrons. The maximum absolute atomic E-state index is 11.0. The molecule has 0 saturated carbocycles. The fraction of sp³-hybridized carbons (Fsp3) is 0. The van der Waals surface area contributed by atoms with E-state index in [4.69, 9.17) is 19.2 Å². The Hall–Kier alpha value is -9.17. The topological polar surface area (TPSA) is 53.5 Å². The molecule has 0 aliphatic carbocycles. The highest BCUT2D eigenvalue weighted by molar-refractivity contribution is 7.20. The highest BCUT2D eigenvalue weighted by atomic mass is 28.3. The molecule has 70 heavy (non-hydrogen) atoms. The van der Waals surface area contributed by atoms with Gasteiger partial charge in [-0.15, -0.1) is 0 Å². The number of benzene rings is 10. The van der Waals surface area contributed by atoms with E-state index in [9.17, 15) is 38.4 Å². The van der Waals surface area contributed by atoms with Gasteiger partial charge in [0.15, 0.2) is 13.9 Å². The maximum Gasteiger partial charge on any atom is 0.240 e. The van der Waals surface area contributed by atoms with E-state index in [0.29, 0.717) is 13.7 Å². The van der Waals surface area contributed by atoms with Gasteiger partial charge in [0.25, 0.3) is 0 Å². The van der Waals surface area contributed by atoms with Gasteiger partial charge in [-0.3, -0.25) is 9.13 Å². The van der Waals surface area contributed by atoms with Crippen molar-refractivity contribution in [2.75, 3.05) is 0 Å². The molecule has 0 fully saturated rings. The quantitative estimate of drug-likeness (QED) is 0.113. The molecule has 14 rings (SSSR count). The first-order valence-corrected chi connectivity index (χ1v) is 22.4. The Morgan fingerprint density at radius 3 is 1.03 bits per heavy atom. The van der Waals surface area contributed by atoms with E-state index >= 15 is 0 Å². The first kappa shape index (κ1) is 16.2. The van der Waals surface area contributed by atoms with Crippen molar-refractivity contribution in [3.8, 4) is 29.0 Å². The van der Waals surface area contributed by atoms with Crippen LogP contribution in [0.3, 0.4) is 0 Å². The number of hydrogen-bond acceptors (Lipinski definition) is 3. The molecule has 4 aromatic heterocycles. The largest absolute Gasteiger partial charge is 0.309 e. The van der Waals surface area contributed by atoms with E-state index < -0.39 is 377 Å². The highest BCUT2D eigenvalue weighted by Gasteiger charge is 2.42. The third kappa shape index (κ3) is 6.02. The van der Waals surface area contributed by atoms with Crippen molar-refractivity contribution in [1.82, 2.24) is 28.7 Å². The molecular weight excluding hydrogens is 869 g/mol. The minimum Gasteiger partial charge on any atom is -0.309 e. The second-order valence-electron chi connectivity index (χ2n) is 14.8. The number of fused-ring (bicyclic) bond motifs is 9. The molecule has 0 aliphatic heterocycles. The fourth-order valence-corrected chi connectivity index (χ4v) is 12.1. The highest BCUT2D eigenvalue weighted by Crippen LogP contribution is 2.35. The molecule has 0 saturated heterocycles. The van der Waals surface area contributed by atoms with Gasteiger partial charge < -0.3 is 4.57 Å². The van der Waals surface area contributed by atoms with Crippen LogP contribution in [0.4, 0.5) is 0 Å². The van der Waals surface area contributed by atoms with E-state index in [1.54, 1.807) is 0 Å². The van der Waals surface area contributed by atoms with Gasteiger partial charge in [-0.05, 0) is 69.1 Å². The number of para-hydroxylation sites is 6. The second-order valence-corrected chi connectivity index (χ2v) is 18.3. The Morgan fingerprint density at radius 2 is 0.614 bits per heavy atom. The fourth-order valence-electron chi connectivity index (χ4n) is 8.45. The molecule has 6 nitrogen and oxygen atoms in total. The minimum atomic E-state index is -7.14. The molecule has 7 heteroatoms. The summed E-state index contributed by atoms with van der Waals surface area (Å²) >= 11 is 0. The van der Waals surface area contributed by atoms with Crippen LogP contribution >= 0.6 is 0 Å². The van der Waals surface area contributed by atoms with Crippen molar-refractivity contribution in [2.45, 2.75) is 0 Å². The molecule has 0 N–H and O–H groups in total. The van der Waals surface area contributed by atoms with Crippen molar-refractivity contribution in [1.29, 1.82) is 0 Å². The molecule has 0 spiro atoms. The van der Waals surface area contributed by atoms with Crippen LogP contribution < -0.4 is 20.7 Å². The SMILES string of the molecule is [2H]c1c([2H])c([2H])c([Si](c2c([2H])c([2H])c([2H])c([2H])c2[2H])(c2c([2H])c([2H])c([2H])c(-c3nc(-n4c5c([2H])c([2H])c([2H])c([2H])c5c5c([2H])c([2H])c([2H])c([2H])c54)nc(-n4c5c([2H])c([2H])c([2H])c([2H])c5c5c([2H])c([2H])c([2H])c([2H])c54)n3)c2[2H])c2c([2H])c([2H])c([2H])c(-n3c4c([2H])c([2H])c([2H])c([2H])c4c4c([2H])c([2H])c([2H])c([2H])c43)c2[2H])c([2H])c1[2H]. The molecule has 4 heterocycles. The van der Waals surface area contributed by atoms with Crippen LogP contribution in [0, 0.1) is 0 Å². The predicted molar refractivity (Wildman–Crippen MR) is 292 cm³/mol. The number of aromatic nitrogens is 6. The molecule has 0 atom stereocenters. The summed E-state index contributed by atoms with van der Waals surface area (Å²) in [5.74, 6) is -3.77. The van der Waals surface area contributed by atoms with E-state index in [1.165, 1.54) is 0 Å². The summed E-state index contributed by atoms with van der Waals surface area (Å²) < 4.78 is 397. The lowest BCUT2D eigenvalue weighted by Crippen LogP contribution is -2.74. The first-order valence-electron chi connectivity index (χ1n) is 41.4. The summed E-state index contributed by atoms with van der Waals surface area (Å²) in [4.78, 5) is 13.8. The van der Waals surface area contributed by atoms with Crippen LogP contribution in [0.1, 0.15) is 57.6 Å². The summed E-state index contributed by atoms with van der Waals surface area (Å²) in [7, 11) is -7.14. The van der Waals surface area contributed by atoms with E-state index in [1.807, 2.05) is 0 Å². The van der Waals surface area contributed by atoms with Crippen LogP contribution in [0.5, 0.6) is 0 Å². The lowest BCUT2D eigenvalue weighted by atomic mass is 10.2. The van der Waals surface area contributed by atoms with Gasteiger partial charge in [-0.1, -0.05) is 205 Å². The summed E-state index contributed by atoms with van der Waals surface area (Å²) in [5.41, 5.74) is -7.78. The summed E-state index contributed by atoms with van der Waals surface area (Å²) in [6.07, 6.45) is 0. The van der Waals surface area contributed by atoms with Crippen LogP contribution in [0.25, 0.3) is 94.4 Å². The summed E-state index contributed by atoms with van der Waals surface area (Å²) in [6, 6.07) is -51.6. The lowest BCUT2D eigenvalue weighted by molar-refractivity contribution is 0.893. The molecule has 10 aromatic carbocycles. The van der Waals surface area contributed by atoms with Crippen molar-refractivity contribution >= 4 is 94.2 Å². The van der Waals surface area contributed by atoms with Gasteiger partial charge in [0.2, 0.25) is 11.9 Å². The zero-order valence-corrected chi connectivity index (χ0v) is 35.7. The van der Waals surface area contributed by atoms with Crippen molar-refractivity contribution < 1.29 is 57.6 Å². The average molecular weight is 953 g/mol. The van der Waals surface area contributed by atoms with Gasteiger partial charge in [0, 0.05) is 43.6 Å². The van der Waals surface area contributed by atoms with Crippen molar-refractivity contribution in [3.05, 3.63) is 254 Å². The van der Waals surface area contributed by atoms with Gasteiger partial charge >= 0.3 is 0 Å². The van der Waals surface area contributed by atoms with Gasteiger partial charge in [0.1, 0.15) is 0 Å². The molecule has 14 aromatic rings. The van der Waals surface area contributed by atoms with Crippen LogP contribution in [-0.2, 0) is 0 Å². The second kappa shape index (κ2) is 16.0. The first-order chi connectivity index (χ1) is 52.2. The standard InChI is InChI=1S/C63H42N6Si/c1-3-23-45(24-4-1)70(46-25-5-2-6-26-46,48-28-20-22-44(42-48)67-55-35-13-7-29-49(55)50-30-8-14-36-56(50)67)47-27-19-21-43(41-47)61-64-62(68-57-37-15-9-31-51(57)52-32-10-16-38-58(52)68)66-63(65-61)69-59-39-17-11-33-53(59)54-34-12-18-40-60(54)69/h1-42H/i1D,2D,3D,4D,5D,6D,7D,8D,9D,10D,11D,12D,13D,14D,15D,16D,17D,18D,19D,20D,21D,22D,23D,24D,25D,26D,27D,28D,29D,30D,31D,32D,33D,34D,35D,36D,37D,38D,39D,40D,41D,42D. The Balaban J connectivity index is 1.30. The van der Waals surface area contributed by atoms with Gasteiger partial charge in [-0.2, -0.15) is 15.0 Å². The predicted octanol–water partition coefficient (Wildman–Crippen LogP) is 12.2. The number of nitrogens with zero attached hydrogens (tertiary/aromatic N) is 6. The normalized spacial score (nSPS) is 20.4. The smallest absolute Gasteiger partial charge is 0.240 e. The van der Waals surface area contributed by atoms with Crippen molar-refractivity contribution in [3.63, 3.8) is 0 Å². The molecule has 0 bridgehead atoms. The van der Waals surface area contributed by atoms with E-state index in [-0.39, 0.29) is 0 Å². The molecular formula is C63H42N6Si. The Kier molecular flexibility index (Phi) is 3.70. The monoisotopic (exact) mass is 953 g/mol. The average Bonchev–Trinajstić information content (AvgIpc) is 0.926. The minimum absolute atomic E-state index is 0.478. The van der Waals surface area contributed by atoms with Crippen LogP contribution in [0.15, 0.2) is 254 Å². The number of hydrogen-bond donors (Lipinski definition) is 0. The van der Waals surface area contributed by atoms with E-state index in [2.05, 4.69) is 15.0 Å². The van der Waals surface area contributed by atoms with Crippen molar-refractivity contribution in [2.24, 2.45) is 0 Å². The van der Waals surface area contributed by atoms with Gasteiger partial charge in [0.05, 0.1) is 90.7 Å². The van der Waals surface area contributed by atoms with Crippen LogP contribution in [-0.4, -0.2) is 36.7 Å². The zero-order chi connectivity index (χ0) is 82.7.